The maximum Gasteiger partial charge on any atom is 0.283 e. The molecule has 32 heavy (non-hydrogen) atoms. The zero-order chi connectivity index (χ0) is 22.5. The molecule has 0 fully saturated rings. The predicted molar refractivity (Wildman–Crippen MR) is 117 cm³/mol. The zero-order valence-electron chi connectivity index (χ0n) is 18.1. The van der Waals surface area contributed by atoms with Crippen LogP contribution in [0.2, 0.25) is 0 Å². The third-order valence-electron chi connectivity index (χ3n) is 5.37. The molecule has 2 aliphatic rings. The topological polar surface area (TPSA) is 91.9 Å². The molecule has 2 N–H and O–H groups in total. The second-order valence-electron chi connectivity index (χ2n) is 9.13. The summed E-state index contributed by atoms with van der Waals surface area (Å²) in [6, 6.07) is 10.8. The standard InChI is InChI=1S/C24H23FN4O3/c1-23(2,3)12-30-15-6-7-19-17(10-15)24(13-31-22(26)29-24)18-9-14(11-28-21(18)32-19)16-5-4-8-27-20(16)25/h4-11H,12-13H2,1-3H3,(H2,26,29)/t24-/m0/s1. The summed E-state index contributed by atoms with van der Waals surface area (Å²) in [5.41, 5.74) is 7.26. The molecule has 0 unspecified atom stereocenters. The molecule has 4 heterocycles. The van der Waals surface area contributed by atoms with E-state index in [-0.39, 0.29) is 18.0 Å². The molecular formula is C24H23FN4O3. The maximum atomic E-state index is 14.4. The molecule has 8 heteroatoms. The molecule has 0 bridgehead atoms. The highest BCUT2D eigenvalue weighted by molar-refractivity contribution is 5.77. The first kappa shape index (κ1) is 20.2. The average molecular weight is 434 g/mol. The molecule has 1 aromatic carbocycles. The molecular weight excluding hydrogens is 411 g/mol. The molecule has 1 spiro atoms. The quantitative estimate of drug-likeness (QED) is 0.615. The number of pyridine rings is 2. The SMILES string of the molecule is CC(C)(C)COc1ccc2c(c1)[C@@]1(COC(N)=N1)c1cc(-c3cccnc3F)cnc1O2. The Kier molecular flexibility index (Phi) is 4.54. The second kappa shape index (κ2) is 7.19. The Balaban J connectivity index is 1.64. The molecule has 3 aromatic rings. The van der Waals surface area contributed by atoms with Crippen LogP contribution in [-0.2, 0) is 10.3 Å². The van der Waals surface area contributed by atoms with Crippen molar-refractivity contribution >= 4 is 6.02 Å². The fourth-order valence-electron chi connectivity index (χ4n) is 3.85. The summed E-state index contributed by atoms with van der Waals surface area (Å²) < 4.78 is 32.0. The zero-order valence-corrected chi connectivity index (χ0v) is 18.1. The number of hydrogen-bond donors (Lipinski definition) is 1. The highest BCUT2D eigenvalue weighted by atomic mass is 19.1. The van der Waals surface area contributed by atoms with Gasteiger partial charge in [-0.3, -0.25) is 0 Å². The first-order valence-electron chi connectivity index (χ1n) is 10.3. The Bertz CT molecular complexity index is 1240. The van der Waals surface area contributed by atoms with Gasteiger partial charge >= 0.3 is 0 Å². The van der Waals surface area contributed by atoms with Crippen LogP contribution in [-0.4, -0.2) is 29.2 Å². The normalized spacial score (nSPS) is 18.9. The number of halogens is 1. The number of aromatic nitrogens is 2. The van der Waals surface area contributed by atoms with Crippen LogP contribution in [0.1, 0.15) is 31.9 Å². The van der Waals surface area contributed by atoms with Crippen molar-refractivity contribution in [3.8, 4) is 28.5 Å². The largest absolute Gasteiger partial charge is 0.493 e. The van der Waals surface area contributed by atoms with E-state index >= 15 is 0 Å². The molecule has 164 valence electrons. The van der Waals surface area contributed by atoms with E-state index < -0.39 is 11.5 Å². The second-order valence-corrected chi connectivity index (χ2v) is 9.13. The average Bonchev–Trinajstić information content (AvgIpc) is 3.15. The summed E-state index contributed by atoms with van der Waals surface area (Å²) in [5, 5.41) is 0. The number of nitrogens with zero attached hydrogens (tertiary/aromatic N) is 3. The first-order valence-corrected chi connectivity index (χ1v) is 10.3. The summed E-state index contributed by atoms with van der Waals surface area (Å²) in [7, 11) is 0. The van der Waals surface area contributed by atoms with Crippen LogP contribution in [0.3, 0.4) is 0 Å². The Hall–Kier alpha value is -3.68. The number of aliphatic imine (C=N–C) groups is 1. The minimum Gasteiger partial charge on any atom is -0.493 e. The number of rotatable bonds is 3. The van der Waals surface area contributed by atoms with E-state index in [4.69, 9.17) is 19.9 Å². The first-order chi connectivity index (χ1) is 15.2. The van der Waals surface area contributed by atoms with Crippen molar-refractivity contribution in [1.82, 2.24) is 9.97 Å². The van der Waals surface area contributed by atoms with Crippen LogP contribution >= 0.6 is 0 Å². The predicted octanol–water partition coefficient (Wildman–Crippen LogP) is 4.40. The Morgan fingerprint density at radius 1 is 1.16 bits per heavy atom. The number of amidine groups is 1. The van der Waals surface area contributed by atoms with Gasteiger partial charge in [0.2, 0.25) is 11.8 Å². The van der Waals surface area contributed by atoms with Gasteiger partial charge in [-0.15, -0.1) is 0 Å². The van der Waals surface area contributed by atoms with Gasteiger partial charge in [0.1, 0.15) is 18.1 Å². The summed E-state index contributed by atoms with van der Waals surface area (Å²) in [6.07, 6.45) is 2.96. The summed E-state index contributed by atoms with van der Waals surface area (Å²) in [6.45, 7) is 7.03. The van der Waals surface area contributed by atoms with Crippen LogP contribution in [0.15, 0.2) is 53.8 Å². The van der Waals surface area contributed by atoms with Gasteiger partial charge in [-0.1, -0.05) is 20.8 Å². The lowest BCUT2D eigenvalue weighted by Gasteiger charge is -2.33. The molecule has 0 amide bonds. The van der Waals surface area contributed by atoms with Gasteiger partial charge in [0, 0.05) is 29.1 Å². The van der Waals surface area contributed by atoms with Crippen LogP contribution in [0.4, 0.5) is 4.39 Å². The highest BCUT2D eigenvalue weighted by Gasteiger charge is 2.48. The van der Waals surface area contributed by atoms with Gasteiger partial charge < -0.3 is 19.9 Å². The highest BCUT2D eigenvalue weighted by Crippen LogP contribution is 2.51. The van der Waals surface area contributed by atoms with Crippen molar-refractivity contribution < 1.29 is 18.6 Å². The van der Waals surface area contributed by atoms with Crippen LogP contribution in [0.25, 0.3) is 11.1 Å². The van der Waals surface area contributed by atoms with Crippen molar-refractivity contribution in [3.05, 3.63) is 65.9 Å². The fourth-order valence-corrected chi connectivity index (χ4v) is 3.85. The van der Waals surface area contributed by atoms with Crippen LogP contribution in [0.5, 0.6) is 17.4 Å². The monoisotopic (exact) mass is 434 g/mol. The lowest BCUT2D eigenvalue weighted by Crippen LogP contribution is -2.31. The number of benzene rings is 1. The van der Waals surface area contributed by atoms with E-state index in [1.165, 1.54) is 6.20 Å². The molecule has 2 aromatic heterocycles. The van der Waals surface area contributed by atoms with E-state index in [1.807, 2.05) is 18.2 Å². The smallest absolute Gasteiger partial charge is 0.283 e. The van der Waals surface area contributed by atoms with Gasteiger partial charge in [-0.05, 0) is 41.8 Å². The number of nitrogens with two attached hydrogens (primary N) is 1. The van der Waals surface area contributed by atoms with Crippen molar-refractivity contribution in [2.45, 2.75) is 26.3 Å². The van der Waals surface area contributed by atoms with Crippen molar-refractivity contribution in [1.29, 1.82) is 0 Å². The molecule has 7 nitrogen and oxygen atoms in total. The molecule has 1 atom stereocenters. The van der Waals surface area contributed by atoms with Gasteiger partial charge in [-0.25, -0.2) is 15.0 Å². The molecule has 0 saturated heterocycles. The molecule has 0 aliphatic carbocycles. The number of fused-ring (bicyclic) bond motifs is 4. The number of hydrogen-bond acceptors (Lipinski definition) is 7. The summed E-state index contributed by atoms with van der Waals surface area (Å²) in [4.78, 5) is 12.9. The van der Waals surface area contributed by atoms with Gasteiger partial charge in [0.05, 0.1) is 12.2 Å². The third-order valence-corrected chi connectivity index (χ3v) is 5.37. The van der Waals surface area contributed by atoms with Crippen molar-refractivity contribution in [2.75, 3.05) is 13.2 Å². The van der Waals surface area contributed by atoms with Crippen molar-refractivity contribution in [3.63, 3.8) is 0 Å². The lowest BCUT2D eigenvalue weighted by molar-refractivity contribution is 0.197. The Morgan fingerprint density at radius 2 is 2.00 bits per heavy atom. The van der Waals surface area contributed by atoms with Crippen molar-refractivity contribution in [2.24, 2.45) is 16.1 Å². The fraction of sp³-hybridized carbons (Fsp3) is 0.292. The van der Waals surface area contributed by atoms with Gasteiger partial charge in [0.15, 0.2) is 5.54 Å². The van der Waals surface area contributed by atoms with E-state index in [0.717, 1.165) is 5.56 Å². The molecule has 2 aliphatic heterocycles. The minimum atomic E-state index is -0.976. The Morgan fingerprint density at radius 3 is 2.72 bits per heavy atom. The molecule has 0 saturated carbocycles. The van der Waals surface area contributed by atoms with Gasteiger partial charge in [0.25, 0.3) is 6.02 Å². The maximum absolute atomic E-state index is 14.4. The molecule has 0 radical (unpaired) electrons. The number of ether oxygens (including phenoxy) is 3. The van der Waals surface area contributed by atoms with Gasteiger partial charge in [-0.2, -0.15) is 4.39 Å². The minimum absolute atomic E-state index is 0.00234. The van der Waals surface area contributed by atoms with E-state index in [2.05, 4.69) is 35.7 Å². The summed E-state index contributed by atoms with van der Waals surface area (Å²) in [5.74, 6) is 1.07. The lowest BCUT2D eigenvalue weighted by atomic mass is 9.81. The molecule has 5 rings (SSSR count). The Labute approximate surface area is 185 Å². The van der Waals surface area contributed by atoms with Crippen LogP contribution < -0.4 is 15.2 Å². The van der Waals surface area contributed by atoms with E-state index in [0.29, 0.717) is 40.7 Å². The van der Waals surface area contributed by atoms with Crippen LogP contribution in [0, 0.1) is 11.4 Å². The van der Waals surface area contributed by atoms with E-state index in [9.17, 15) is 4.39 Å². The summed E-state index contributed by atoms with van der Waals surface area (Å²) >= 11 is 0. The van der Waals surface area contributed by atoms with E-state index in [1.54, 1.807) is 24.4 Å². The third kappa shape index (κ3) is 3.41.